The Morgan fingerprint density at radius 3 is 1.65 bits per heavy atom. The fourth-order valence-electron chi connectivity index (χ4n) is 3.87. The van der Waals surface area contributed by atoms with Crippen molar-refractivity contribution in [2.75, 3.05) is 13.0 Å². The summed E-state index contributed by atoms with van der Waals surface area (Å²) in [4.78, 5) is 0. The summed E-state index contributed by atoms with van der Waals surface area (Å²) in [6, 6.07) is 40.5. The summed E-state index contributed by atoms with van der Waals surface area (Å²) in [7, 11) is 1.71. The highest BCUT2D eigenvalue weighted by Gasteiger charge is 2.36. The highest BCUT2D eigenvalue weighted by molar-refractivity contribution is 8.00. The molecule has 31 heavy (non-hydrogen) atoms. The summed E-state index contributed by atoms with van der Waals surface area (Å²) in [5, 5.41) is 3.63. The third-order valence-corrected chi connectivity index (χ3v) is 6.91. The normalized spacial score (nSPS) is 11.3. The van der Waals surface area contributed by atoms with Crippen LogP contribution in [-0.4, -0.2) is 13.0 Å². The largest absolute Gasteiger partial charge is 0.497 e. The lowest BCUT2D eigenvalue weighted by Gasteiger charge is -2.35. The maximum atomic E-state index is 5.42. The zero-order valence-electron chi connectivity index (χ0n) is 17.7. The van der Waals surface area contributed by atoms with Crippen LogP contribution in [-0.2, 0) is 11.3 Å². The Morgan fingerprint density at radius 2 is 1.13 bits per heavy atom. The molecule has 0 aromatic heterocycles. The zero-order chi connectivity index (χ0) is 21.4. The number of ether oxygens (including phenoxy) is 1. The number of rotatable bonds is 9. The Balaban J connectivity index is 1.72. The van der Waals surface area contributed by atoms with Crippen LogP contribution in [0.25, 0.3) is 0 Å². The van der Waals surface area contributed by atoms with Crippen molar-refractivity contribution in [3.05, 3.63) is 138 Å². The van der Waals surface area contributed by atoms with Gasteiger partial charge in [0.1, 0.15) is 5.75 Å². The first kappa shape index (κ1) is 21.2. The van der Waals surface area contributed by atoms with Gasteiger partial charge in [-0.25, -0.2) is 0 Å². The predicted octanol–water partition coefficient (Wildman–Crippen LogP) is 6.47. The zero-order valence-corrected chi connectivity index (χ0v) is 18.5. The molecule has 0 saturated heterocycles. The second kappa shape index (κ2) is 10.3. The molecule has 0 radical (unpaired) electrons. The number of benzene rings is 4. The Hall–Kier alpha value is -3.01. The van der Waals surface area contributed by atoms with Crippen LogP contribution in [0, 0.1) is 0 Å². The van der Waals surface area contributed by atoms with E-state index < -0.39 is 0 Å². The number of hydrogen-bond acceptors (Lipinski definition) is 3. The first-order valence-electron chi connectivity index (χ1n) is 10.5. The van der Waals surface area contributed by atoms with E-state index in [1.54, 1.807) is 7.11 Å². The van der Waals surface area contributed by atoms with Gasteiger partial charge in [-0.05, 0) is 34.4 Å². The monoisotopic (exact) mass is 425 g/mol. The molecule has 0 spiro atoms. The van der Waals surface area contributed by atoms with Gasteiger partial charge in [0.25, 0.3) is 0 Å². The third kappa shape index (κ3) is 4.84. The molecular weight excluding hydrogens is 398 g/mol. The minimum atomic E-state index is -0.335. The van der Waals surface area contributed by atoms with Crippen molar-refractivity contribution in [1.82, 2.24) is 5.32 Å². The lowest BCUT2D eigenvalue weighted by atomic mass is 9.84. The first-order valence-corrected chi connectivity index (χ1v) is 11.5. The van der Waals surface area contributed by atoms with Gasteiger partial charge in [-0.3, -0.25) is 0 Å². The molecule has 3 heteroatoms. The second-order valence-corrected chi connectivity index (χ2v) is 8.53. The Kier molecular flexibility index (Phi) is 7.08. The van der Waals surface area contributed by atoms with E-state index in [-0.39, 0.29) is 4.75 Å². The SMILES string of the molecule is COc1ccc(C(SCNCc2ccccc2)(c2ccccc2)c2ccccc2)cc1. The number of methoxy groups -OCH3 is 1. The molecule has 0 fully saturated rings. The minimum Gasteiger partial charge on any atom is -0.497 e. The fourth-order valence-corrected chi connectivity index (χ4v) is 5.20. The molecule has 4 aromatic carbocycles. The van der Waals surface area contributed by atoms with Gasteiger partial charge in [0, 0.05) is 12.4 Å². The Bertz CT molecular complexity index is 1010. The summed E-state index contributed by atoms with van der Waals surface area (Å²) < 4.78 is 5.09. The Labute approximate surface area is 189 Å². The molecule has 0 atom stereocenters. The molecule has 4 rings (SSSR count). The molecule has 0 saturated carbocycles. The van der Waals surface area contributed by atoms with Crippen molar-refractivity contribution >= 4 is 11.8 Å². The predicted molar refractivity (Wildman–Crippen MR) is 131 cm³/mol. The molecule has 4 aromatic rings. The molecule has 0 aliphatic heterocycles. The summed E-state index contributed by atoms with van der Waals surface area (Å²) in [5.41, 5.74) is 5.05. The standard InChI is InChI=1S/C28H27NOS/c1-30-27-19-17-26(18-20-27)28(24-13-7-3-8-14-24,25-15-9-4-10-16-25)31-22-29-21-23-11-5-2-6-12-23/h2-20,29H,21-22H2,1H3. The van der Waals surface area contributed by atoms with Gasteiger partial charge in [0.15, 0.2) is 0 Å². The van der Waals surface area contributed by atoms with Crippen LogP contribution in [0.3, 0.4) is 0 Å². The van der Waals surface area contributed by atoms with E-state index in [1.165, 1.54) is 22.3 Å². The average molecular weight is 426 g/mol. The van der Waals surface area contributed by atoms with Crippen LogP contribution in [0.4, 0.5) is 0 Å². The van der Waals surface area contributed by atoms with Gasteiger partial charge in [0.05, 0.1) is 11.9 Å². The molecule has 0 aliphatic carbocycles. The van der Waals surface area contributed by atoms with E-state index in [0.29, 0.717) is 0 Å². The van der Waals surface area contributed by atoms with Crippen molar-refractivity contribution in [2.24, 2.45) is 0 Å². The average Bonchev–Trinajstić information content (AvgIpc) is 2.86. The van der Waals surface area contributed by atoms with E-state index >= 15 is 0 Å². The fraction of sp³-hybridized carbons (Fsp3) is 0.143. The molecule has 1 N–H and O–H groups in total. The van der Waals surface area contributed by atoms with Crippen LogP contribution >= 0.6 is 11.8 Å². The summed E-state index contributed by atoms with van der Waals surface area (Å²) >= 11 is 1.91. The van der Waals surface area contributed by atoms with E-state index in [9.17, 15) is 0 Å². The quantitative estimate of drug-likeness (QED) is 0.189. The molecule has 2 nitrogen and oxygen atoms in total. The third-order valence-electron chi connectivity index (χ3n) is 5.42. The van der Waals surface area contributed by atoms with Gasteiger partial charge in [-0.15, -0.1) is 11.8 Å². The van der Waals surface area contributed by atoms with Gasteiger partial charge < -0.3 is 10.1 Å². The van der Waals surface area contributed by atoms with Crippen LogP contribution < -0.4 is 10.1 Å². The lowest BCUT2D eigenvalue weighted by molar-refractivity contribution is 0.414. The number of hydrogen-bond donors (Lipinski definition) is 1. The van der Waals surface area contributed by atoms with E-state index in [2.05, 4.69) is 108 Å². The van der Waals surface area contributed by atoms with Crippen molar-refractivity contribution in [2.45, 2.75) is 11.3 Å². The van der Waals surface area contributed by atoms with Crippen molar-refractivity contribution in [3.8, 4) is 5.75 Å². The molecule has 0 amide bonds. The van der Waals surface area contributed by atoms with Crippen molar-refractivity contribution in [1.29, 1.82) is 0 Å². The highest BCUT2D eigenvalue weighted by Crippen LogP contribution is 2.48. The smallest absolute Gasteiger partial charge is 0.118 e. The van der Waals surface area contributed by atoms with Crippen LogP contribution in [0.2, 0.25) is 0 Å². The van der Waals surface area contributed by atoms with Gasteiger partial charge in [0.2, 0.25) is 0 Å². The van der Waals surface area contributed by atoms with Gasteiger partial charge in [-0.2, -0.15) is 0 Å². The second-order valence-electron chi connectivity index (χ2n) is 7.34. The lowest BCUT2D eigenvalue weighted by Crippen LogP contribution is -2.28. The summed E-state index contributed by atoms with van der Waals surface area (Å²) in [5.74, 6) is 1.68. The minimum absolute atomic E-state index is 0.335. The highest BCUT2D eigenvalue weighted by atomic mass is 32.2. The van der Waals surface area contributed by atoms with E-state index in [4.69, 9.17) is 4.74 Å². The molecule has 0 unspecified atom stereocenters. The molecule has 156 valence electrons. The molecule has 0 bridgehead atoms. The molecule has 0 aliphatic rings. The number of nitrogens with one attached hydrogen (secondary N) is 1. The molecule has 0 heterocycles. The van der Waals surface area contributed by atoms with E-state index in [1.807, 2.05) is 23.9 Å². The van der Waals surface area contributed by atoms with Crippen LogP contribution in [0.1, 0.15) is 22.3 Å². The van der Waals surface area contributed by atoms with Gasteiger partial charge >= 0.3 is 0 Å². The van der Waals surface area contributed by atoms with Gasteiger partial charge in [-0.1, -0.05) is 103 Å². The Morgan fingerprint density at radius 1 is 0.645 bits per heavy atom. The maximum absolute atomic E-state index is 5.42. The van der Waals surface area contributed by atoms with Crippen LogP contribution in [0.15, 0.2) is 115 Å². The maximum Gasteiger partial charge on any atom is 0.118 e. The summed E-state index contributed by atoms with van der Waals surface area (Å²) in [6.07, 6.45) is 0. The topological polar surface area (TPSA) is 21.3 Å². The van der Waals surface area contributed by atoms with E-state index in [0.717, 1.165) is 18.2 Å². The van der Waals surface area contributed by atoms with Crippen molar-refractivity contribution in [3.63, 3.8) is 0 Å². The van der Waals surface area contributed by atoms with Crippen LogP contribution in [0.5, 0.6) is 5.75 Å². The van der Waals surface area contributed by atoms with Crippen molar-refractivity contribution < 1.29 is 4.74 Å². The first-order chi connectivity index (χ1) is 15.3. The molecular formula is C28H27NOS. The number of thioether (sulfide) groups is 1. The summed E-state index contributed by atoms with van der Waals surface area (Å²) in [6.45, 7) is 0.843.